The van der Waals surface area contributed by atoms with Gasteiger partial charge < -0.3 is 0 Å². The van der Waals surface area contributed by atoms with Crippen LogP contribution >= 0.6 is 21.6 Å². The second-order valence-corrected chi connectivity index (χ2v) is 8.18. The van der Waals surface area contributed by atoms with E-state index in [2.05, 4.69) is 36.8 Å². The first-order valence-corrected chi connectivity index (χ1v) is 7.49. The Hall–Kier alpha value is 0.120. The van der Waals surface area contributed by atoms with Gasteiger partial charge in [0.05, 0.1) is 0 Å². The van der Waals surface area contributed by atoms with Crippen molar-refractivity contribution >= 4 is 21.6 Å². The Bertz CT molecular complexity index is 182. The first kappa shape index (κ1) is 10.2. The summed E-state index contributed by atoms with van der Waals surface area (Å²) in [4.78, 5) is 0. The highest BCUT2D eigenvalue weighted by molar-refractivity contribution is 8.33. The average molecular weight is 205 g/mol. The molecule has 0 atom stereocenters. The van der Waals surface area contributed by atoms with Gasteiger partial charge in [-0.15, -0.1) is 11.6 Å². The molecule has 1 rings (SSSR count). The van der Waals surface area contributed by atoms with Crippen molar-refractivity contribution in [2.75, 3.05) is 24.1 Å². The number of rotatable bonds is 4. The zero-order chi connectivity index (χ0) is 9.03. The van der Waals surface area contributed by atoms with Gasteiger partial charge in [-0.05, 0) is 24.7 Å². The summed E-state index contributed by atoms with van der Waals surface area (Å²) in [7, 11) is -0.480. The fourth-order valence-corrected chi connectivity index (χ4v) is 3.88. The Morgan fingerprint density at radius 3 is 2.33 bits per heavy atom. The summed E-state index contributed by atoms with van der Waals surface area (Å²) in [6, 6.07) is 0. The van der Waals surface area contributed by atoms with E-state index in [1.54, 1.807) is 0 Å². The number of halogens is 1. The molecule has 0 aliphatic heterocycles. The van der Waals surface area contributed by atoms with Crippen LogP contribution in [-0.2, 0) is 0 Å². The molecule has 0 saturated heterocycles. The Morgan fingerprint density at radius 1 is 1.25 bits per heavy atom. The second-order valence-electron chi connectivity index (χ2n) is 3.60. The van der Waals surface area contributed by atoms with Crippen LogP contribution in [0.5, 0.6) is 0 Å². The fraction of sp³-hybridized carbons (Fsp3) is 0.600. The fourth-order valence-electron chi connectivity index (χ4n) is 1.40. The summed E-state index contributed by atoms with van der Waals surface area (Å²) in [5.74, 6) is 2.09. The zero-order valence-corrected chi connectivity index (χ0v) is 9.37. The molecule has 70 valence electrons. The van der Waals surface area contributed by atoms with Gasteiger partial charge in [0.25, 0.3) is 0 Å². The van der Waals surface area contributed by atoms with Crippen LogP contribution in [0.2, 0.25) is 0 Å². The maximum atomic E-state index is 5.69. The van der Waals surface area contributed by atoms with Crippen molar-refractivity contribution in [3.8, 4) is 0 Å². The van der Waals surface area contributed by atoms with Gasteiger partial charge in [0, 0.05) is 11.1 Å². The van der Waals surface area contributed by atoms with Crippen molar-refractivity contribution in [2.45, 2.75) is 11.7 Å². The smallest absolute Gasteiger partial charge is 0.0253 e. The molecule has 0 unspecified atom stereocenters. The molecule has 2 heteroatoms. The van der Waals surface area contributed by atoms with Crippen LogP contribution in [0.1, 0.15) is 6.42 Å². The van der Waals surface area contributed by atoms with Crippen LogP contribution in [0.4, 0.5) is 0 Å². The van der Waals surface area contributed by atoms with Crippen LogP contribution in [0.25, 0.3) is 0 Å². The van der Waals surface area contributed by atoms with E-state index in [4.69, 9.17) is 11.6 Å². The molecule has 0 amide bonds. The quantitative estimate of drug-likeness (QED) is 0.618. The van der Waals surface area contributed by atoms with Crippen molar-refractivity contribution in [3.05, 3.63) is 24.3 Å². The van der Waals surface area contributed by atoms with Gasteiger partial charge in [-0.1, -0.05) is 24.3 Å². The molecule has 0 fully saturated rings. The minimum atomic E-state index is -0.480. The van der Waals surface area contributed by atoms with Crippen LogP contribution in [0, 0.1) is 0 Å². The minimum Gasteiger partial charge on any atom is -0.237 e. The van der Waals surface area contributed by atoms with Gasteiger partial charge in [-0.3, -0.25) is 0 Å². The van der Waals surface area contributed by atoms with Crippen molar-refractivity contribution in [3.63, 3.8) is 0 Å². The van der Waals surface area contributed by atoms with Crippen molar-refractivity contribution in [1.82, 2.24) is 0 Å². The standard InChI is InChI=1S/C10H17ClS/c1-12(2,9-5-8-11)10-6-3-4-7-10/h3-4,6-7,10H,5,8-9H2,1-2H3. The summed E-state index contributed by atoms with van der Waals surface area (Å²) in [6.07, 6.45) is 14.9. The number of hydrogen-bond acceptors (Lipinski definition) is 0. The van der Waals surface area contributed by atoms with E-state index in [1.807, 2.05) is 0 Å². The molecule has 0 bridgehead atoms. The van der Waals surface area contributed by atoms with E-state index in [0.29, 0.717) is 5.25 Å². The van der Waals surface area contributed by atoms with Crippen LogP contribution in [-0.4, -0.2) is 29.4 Å². The van der Waals surface area contributed by atoms with Gasteiger partial charge in [0.2, 0.25) is 0 Å². The van der Waals surface area contributed by atoms with Crippen molar-refractivity contribution in [2.24, 2.45) is 0 Å². The van der Waals surface area contributed by atoms with Crippen molar-refractivity contribution < 1.29 is 0 Å². The van der Waals surface area contributed by atoms with E-state index in [0.717, 1.165) is 12.3 Å². The number of allylic oxidation sites excluding steroid dienone is 2. The second kappa shape index (κ2) is 4.38. The molecule has 0 spiro atoms. The maximum Gasteiger partial charge on any atom is 0.0253 e. The van der Waals surface area contributed by atoms with Gasteiger partial charge in [0.15, 0.2) is 0 Å². The van der Waals surface area contributed by atoms with E-state index >= 15 is 0 Å². The molecule has 12 heavy (non-hydrogen) atoms. The van der Waals surface area contributed by atoms with Crippen LogP contribution in [0.15, 0.2) is 24.3 Å². The van der Waals surface area contributed by atoms with Crippen LogP contribution < -0.4 is 0 Å². The lowest BCUT2D eigenvalue weighted by atomic mass is 10.5. The lowest BCUT2D eigenvalue weighted by molar-refractivity contribution is 1.10. The van der Waals surface area contributed by atoms with E-state index in [9.17, 15) is 0 Å². The summed E-state index contributed by atoms with van der Waals surface area (Å²) in [5.41, 5.74) is 0. The Morgan fingerprint density at radius 2 is 1.83 bits per heavy atom. The van der Waals surface area contributed by atoms with Gasteiger partial charge in [0.1, 0.15) is 0 Å². The molecule has 1 aliphatic rings. The third kappa shape index (κ3) is 2.56. The largest absolute Gasteiger partial charge is 0.237 e. The molecule has 1 aliphatic carbocycles. The molecular formula is C10H17ClS. The molecule has 0 aromatic heterocycles. The van der Waals surface area contributed by atoms with Gasteiger partial charge >= 0.3 is 0 Å². The summed E-state index contributed by atoms with van der Waals surface area (Å²) in [6.45, 7) is 0. The molecule has 0 aromatic carbocycles. The highest BCUT2D eigenvalue weighted by Gasteiger charge is 2.20. The lowest BCUT2D eigenvalue weighted by Crippen LogP contribution is -2.14. The SMILES string of the molecule is CS(C)(CCCCl)C1C=CC=C1. The third-order valence-corrected chi connectivity index (χ3v) is 5.65. The average Bonchev–Trinajstić information content (AvgIpc) is 2.53. The van der Waals surface area contributed by atoms with E-state index < -0.39 is 10.0 Å². The lowest BCUT2D eigenvalue weighted by Gasteiger charge is -2.35. The van der Waals surface area contributed by atoms with E-state index in [-0.39, 0.29) is 0 Å². The maximum absolute atomic E-state index is 5.69. The number of hydrogen-bond donors (Lipinski definition) is 0. The predicted octanol–water partition coefficient (Wildman–Crippen LogP) is 3.17. The van der Waals surface area contributed by atoms with Crippen LogP contribution in [0.3, 0.4) is 0 Å². The summed E-state index contributed by atoms with van der Waals surface area (Å²) in [5, 5.41) is 0.695. The predicted molar refractivity (Wildman–Crippen MR) is 61.7 cm³/mol. The zero-order valence-electron chi connectivity index (χ0n) is 7.79. The topological polar surface area (TPSA) is 0 Å². The molecule has 0 aromatic rings. The monoisotopic (exact) mass is 204 g/mol. The van der Waals surface area contributed by atoms with Crippen molar-refractivity contribution in [1.29, 1.82) is 0 Å². The normalized spacial score (nSPS) is 18.9. The molecule has 0 N–H and O–H groups in total. The minimum absolute atomic E-state index is 0.480. The summed E-state index contributed by atoms with van der Waals surface area (Å²) >= 11 is 5.69. The van der Waals surface area contributed by atoms with Gasteiger partial charge in [-0.2, -0.15) is 0 Å². The summed E-state index contributed by atoms with van der Waals surface area (Å²) < 4.78 is 0. The third-order valence-electron chi connectivity index (χ3n) is 2.25. The Labute approximate surface area is 82.0 Å². The highest BCUT2D eigenvalue weighted by atomic mass is 35.5. The number of alkyl halides is 1. The first-order chi connectivity index (χ1) is 5.67. The molecule has 0 heterocycles. The molecular weight excluding hydrogens is 188 g/mol. The molecule has 0 radical (unpaired) electrons. The Kier molecular flexibility index (Phi) is 3.73. The van der Waals surface area contributed by atoms with E-state index in [1.165, 1.54) is 5.75 Å². The Balaban J connectivity index is 2.46. The highest BCUT2D eigenvalue weighted by Crippen LogP contribution is 2.48. The van der Waals surface area contributed by atoms with Gasteiger partial charge in [-0.25, -0.2) is 10.0 Å². The molecule has 0 nitrogen and oxygen atoms in total. The molecule has 0 saturated carbocycles. The first-order valence-electron chi connectivity index (χ1n) is 4.27.